The molecule has 0 bridgehead atoms. The van der Waals surface area contributed by atoms with Crippen molar-refractivity contribution in [3.05, 3.63) is 0 Å². The van der Waals surface area contributed by atoms with Gasteiger partial charge in [-0.2, -0.15) is 4.31 Å². The van der Waals surface area contributed by atoms with Crippen molar-refractivity contribution in [2.75, 3.05) is 32.7 Å². The Kier molecular flexibility index (Phi) is 3.51. The van der Waals surface area contributed by atoms with Crippen LogP contribution in [0, 0.1) is 0 Å². The molecule has 0 unspecified atom stereocenters. The predicted molar refractivity (Wildman–Crippen MR) is 66.3 cm³/mol. The van der Waals surface area contributed by atoms with Crippen molar-refractivity contribution in [1.82, 2.24) is 9.21 Å². The van der Waals surface area contributed by atoms with Gasteiger partial charge in [0.1, 0.15) is 0 Å². The Morgan fingerprint density at radius 2 is 1.71 bits per heavy atom. The molecule has 5 nitrogen and oxygen atoms in total. The fourth-order valence-electron chi connectivity index (χ4n) is 2.27. The summed E-state index contributed by atoms with van der Waals surface area (Å²) >= 11 is 0. The van der Waals surface area contributed by atoms with E-state index in [0.717, 1.165) is 25.9 Å². The first-order chi connectivity index (χ1) is 7.79. The van der Waals surface area contributed by atoms with Gasteiger partial charge < -0.3 is 5.11 Å². The number of hydrogen-bond acceptors (Lipinski definition) is 4. The average molecular weight is 262 g/mol. The quantitative estimate of drug-likeness (QED) is 0.766. The van der Waals surface area contributed by atoms with E-state index in [0.29, 0.717) is 19.6 Å². The minimum Gasteiger partial charge on any atom is -0.389 e. The zero-order valence-corrected chi connectivity index (χ0v) is 11.4. The molecule has 1 saturated heterocycles. The number of β-amino-alcohol motifs (C(OH)–C–C–N with tert-alkyl or cyclic N) is 1. The minimum atomic E-state index is -3.01. The fraction of sp³-hybridized carbons (Fsp3) is 1.00. The molecular weight excluding hydrogens is 240 g/mol. The molecule has 0 aromatic carbocycles. The van der Waals surface area contributed by atoms with Crippen LogP contribution in [0.2, 0.25) is 0 Å². The monoisotopic (exact) mass is 262 g/mol. The summed E-state index contributed by atoms with van der Waals surface area (Å²) in [4.78, 5) is 2.12. The minimum absolute atomic E-state index is 0.108. The molecule has 1 heterocycles. The number of piperazine rings is 1. The zero-order valence-electron chi connectivity index (χ0n) is 10.6. The molecule has 100 valence electrons. The Hall–Kier alpha value is -0.170. The lowest BCUT2D eigenvalue weighted by atomic mass is 10.1. The topological polar surface area (TPSA) is 60.9 Å². The van der Waals surface area contributed by atoms with Gasteiger partial charge in [0.15, 0.2) is 0 Å². The molecule has 2 fully saturated rings. The van der Waals surface area contributed by atoms with Gasteiger partial charge in [0.05, 0.1) is 10.9 Å². The smallest absolute Gasteiger partial charge is 0.217 e. The molecule has 1 aliphatic carbocycles. The van der Waals surface area contributed by atoms with Gasteiger partial charge in [-0.1, -0.05) is 0 Å². The summed E-state index contributed by atoms with van der Waals surface area (Å²) in [6.07, 6.45) is 1.65. The van der Waals surface area contributed by atoms with E-state index in [1.54, 1.807) is 18.2 Å². The van der Waals surface area contributed by atoms with Crippen molar-refractivity contribution >= 4 is 10.0 Å². The number of nitrogens with zero attached hydrogens (tertiary/aromatic N) is 2. The highest BCUT2D eigenvalue weighted by Gasteiger charge is 2.41. The standard InChI is InChI=1S/C11H22N2O3S/c1-11(2,14)9-12-5-7-13(8-6-12)17(15,16)10-3-4-10/h10,14H,3-9H2,1-2H3. The van der Waals surface area contributed by atoms with Crippen molar-refractivity contribution in [3.63, 3.8) is 0 Å². The van der Waals surface area contributed by atoms with Crippen LogP contribution < -0.4 is 0 Å². The predicted octanol–water partition coefficient (Wildman–Crippen LogP) is -0.133. The summed E-state index contributed by atoms with van der Waals surface area (Å²) in [7, 11) is -3.01. The average Bonchev–Trinajstić information content (AvgIpc) is 2.98. The van der Waals surface area contributed by atoms with E-state index in [2.05, 4.69) is 4.90 Å². The van der Waals surface area contributed by atoms with E-state index >= 15 is 0 Å². The van der Waals surface area contributed by atoms with Crippen LogP contribution in [0.3, 0.4) is 0 Å². The van der Waals surface area contributed by atoms with Crippen molar-refractivity contribution in [3.8, 4) is 0 Å². The Balaban J connectivity index is 1.86. The summed E-state index contributed by atoms with van der Waals surface area (Å²) in [5, 5.41) is 9.61. The number of aliphatic hydroxyl groups is 1. The molecule has 0 spiro atoms. The van der Waals surface area contributed by atoms with Crippen LogP contribution in [-0.4, -0.2) is 66.3 Å². The van der Waals surface area contributed by atoms with Crippen molar-refractivity contribution in [2.24, 2.45) is 0 Å². The first-order valence-corrected chi connectivity index (χ1v) is 7.73. The molecule has 17 heavy (non-hydrogen) atoms. The lowest BCUT2D eigenvalue weighted by molar-refractivity contribution is 0.0263. The Morgan fingerprint density at radius 1 is 1.18 bits per heavy atom. The van der Waals surface area contributed by atoms with Gasteiger partial charge in [-0.15, -0.1) is 0 Å². The maximum Gasteiger partial charge on any atom is 0.217 e. The summed E-state index contributed by atoms with van der Waals surface area (Å²) in [5.41, 5.74) is -0.711. The summed E-state index contributed by atoms with van der Waals surface area (Å²) < 4.78 is 25.6. The van der Waals surface area contributed by atoms with E-state index in [9.17, 15) is 13.5 Å². The Morgan fingerprint density at radius 3 is 2.12 bits per heavy atom. The second-order valence-corrected chi connectivity index (χ2v) is 7.94. The zero-order chi connectivity index (χ0) is 12.7. The second-order valence-electron chi connectivity index (χ2n) is 5.73. The van der Waals surface area contributed by atoms with Crippen LogP contribution in [0.5, 0.6) is 0 Å². The van der Waals surface area contributed by atoms with Crippen molar-refractivity contribution in [2.45, 2.75) is 37.5 Å². The summed E-state index contributed by atoms with van der Waals surface area (Å²) in [5.74, 6) is 0. The van der Waals surface area contributed by atoms with Gasteiger partial charge >= 0.3 is 0 Å². The SMILES string of the molecule is CC(C)(O)CN1CCN(S(=O)(=O)C2CC2)CC1. The number of sulfonamides is 1. The molecule has 2 rings (SSSR count). The molecule has 1 N–H and O–H groups in total. The normalized spacial score (nSPS) is 25.1. The largest absolute Gasteiger partial charge is 0.389 e. The van der Waals surface area contributed by atoms with Gasteiger partial charge in [0.25, 0.3) is 0 Å². The molecule has 0 amide bonds. The van der Waals surface area contributed by atoms with E-state index in [-0.39, 0.29) is 5.25 Å². The molecule has 0 atom stereocenters. The lowest BCUT2D eigenvalue weighted by Gasteiger charge is -2.36. The van der Waals surface area contributed by atoms with Crippen molar-refractivity contribution < 1.29 is 13.5 Å². The third-order valence-corrected chi connectivity index (χ3v) is 5.65. The fourth-order valence-corrected chi connectivity index (χ4v) is 4.09. The van der Waals surface area contributed by atoms with Crippen LogP contribution in [0.4, 0.5) is 0 Å². The molecule has 6 heteroatoms. The van der Waals surface area contributed by atoms with E-state index in [1.165, 1.54) is 0 Å². The molecule has 0 aromatic rings. The molecule has 2 aliphatic rings. The molecule has 1 saturated carbocycles. The van der Waals surface area contributed by atoms with E-state index in [1.807, 2.05) is 0 Å². The third kappa shape index (κ3) is 3.40. The van der Waals surface area contributed by atoms with Crippen LogP contribution >= 0.6 is 0 Å². The molecular formula is C11H22N2O3S. The molecule has 0 aromatic heterocycles. The van der Waals surface area contributed by atoms with Crippen LogP contribution in [0.1, 0.15) is 26.7 Å². The maximum atomic E-state index is 12.0. The van der Waals surface area contributed by atoms with Crippen LogP contribution in [0.25, 0.3) is 0 Å². The van der Waals surface area contributed by atoms with Gasteiger partial charge in [-0.05, 0) is 26.7 Å². The van der Waals surface area contributed by atoms with E-state index in [4.69, 9.17) is 0 Å². The first kappa shape index (κ1) is 13.3. The Labute approximate surface area is 103 Å². The van der Waals surface area contributed by atoms with Gasteiger partial charge in [-0.3, -0.25) is 4.90 Å². The Bertz CT molecular complexity index is 363. The third-order valence-electron chi connectivity index (χ3n) is 3.25. The van der Waals surface area contributed by atoms with Gasteiger partial charge in [-0.25, -0.2) is 8.42 Å². The number of rotatable bonds is 4. The van der Waals surface area contributed by atoms with Gasteiger partial charge in [0, 0.05) is 32.7 Å². The van der Waals surface area contributed by atoms with Gasteiger partial charge in [0.2, 0.25) is 10.0 Å². The summed E-state index contributed by atoms with van der Waals surface area (Å²) in [6, 6.07) is 0. The highest BCUT2D eigenvalue weighted by molar-refractivity contribution is 7.90. The van der Waals surface area contributed by atoms with Crippen molar-refractivity contribution in [1.29, 1.82) is 0 Å². The molecule has 1 aliphatic heterocycles. The highest BCUT2D eigenvalue weighted by atomic mass is 32.2. The van der Waals surface area contributed by atoms with Crippen LogP contribution in [-0.2, 0) is 10.0 Å². The number of hydrogen-bond donors (Lipinski definition) is 1. The van der Waals surface area contributed by atoms with E-state index < -0.39 is 15.6 Å². The first-order valence-electron chi connectivity index (χ1n) is 6.23. The van der Waals surface area contributed by atoms with Crippen LogP contribution in [0.15, 0.2) is 0 Å². The second kappa shape index (κ2) is 4.50. The summed E-state index contributed by atoms with van der Waals surface area (Å²) in [6.45, 7) is 6.72. The lowest BCUT2D eigenvalue weighted by Crippen LogP contribution is -2.52. The molecule has 0 radical (unpaired) electrons. The maximum absolute atomic E-state index is 12.0. The highest BCUT2D eigenvalue weighted by Crippen LogP contribution is 2.31.